The van der Waals surface area contributed by atoms with Crippen molar-refractivity contribution in [2.75, 3.05) is 50.9 Å². The first-order valence-corrected chi connectivity index (χ1v) is 12.2. The van der Waals surface area contributed by atoms with Crippen molar-refractivity contribution in [1.29, 1.82) is 0 Å². The summed E-state index contributed by atoms with van der Waals surface area (Å²) in [5.74, 6) is 1.13. The lowest BCUT2D eigenvalue weighted by atomic mass is 9.97. The minimum atomic E-state index is -0.271. The highest BCUT2D eigenvalue weighted by atomic mass is 32.2. The van der Waals surface area contributed by atoms with Crippen LogP contribution >= 0.6 is 11.8 Å². The monoisotopic (exact) mass is 453 g/mol. The van der Waals surface area contributed by atoms with E-state index >= 15 is 0 Å². The normalized spacial score (nSPS) is 19.0. The van der Waals surface area contributed by atoms with E-state index in [2.05, 4.69) is 33.5 Å². The molecule has 31 heavy (non-hydrogen) atoms. The molecule has 2 aliphatic rings. The summed E-state index contributed by atoms with van der Waals surface area (Å²) >= 11 is 1.46. The third-order valence-electron chi connectivity index (χ3n) is 5.60. The fourth-order valence-electron chi connectivity index (χ4n) is 3.95. The van der Waals surface area contributed by atoms with E-state index in [1.54, 1.807) is 0 Å². The fraction of sp³-hybridized carbons (Fsp3) is 0.810. The Kier molecular flexibility index (Phi) is 8.59. The zero-order valence-corrected chi connectivity index (χ0v) is 19.9. The molecule has 0 spiro atoms. The first kappa shape index (κ1) is 23.8. The van der Waals surface area contributed by atoms with Gasteiger partial charge in [0, 0.05) is 32.7 Å². The van der Waals surface area contributed by atoms with E-state index in [0.717, 1.165) is 30.7 Å². The number of aromatic nitrogens is 3. The Balaban J connectivity index is 1.63. The van der Waals surface area contributed by atoms with Gasteiger partial charge in [0.15, 0.2) is 5.16 Å². The quantitative estimate of drug-likeness (QED) is 0.436. The van der Waals surface area contributed by atoms with E-state index in [-0.39, 0.29) is 23.0 Å². The van der Waals surface area contributed by atoms with Gasteiger partial charge in [0.05, 0.1) is 31.0 Å². The number of nitrogens with zero attached hydrogens (tertiary/aromatic N) is 5. The molecule has 9 nitrogen and oxygen atoms in total. The van der Waals surface area contributed by atoms with Crippen LogP contribution in [0.2, 0.25) is 0 Å². The van der Waals surface area contributed by atoms with Crippen molar-refractivity contribution in [3.8, 4) is 0 Å². The van der Waals surface area contributed by atoms with E-state index in [1.165, 1.54) is 11.8 Å². The second kappa shape index (κ2) is 11.2. The second-order valence-electron chi connectivity index (χ2n) is 8.50. The first-order valence-electron chi connectivity index (χ1n) is 11.3. The van der Waals surface area contributed by atoms with Crippen molar-refractivity contribution in [2.45, 2.75) is 57.5 Å². The summed E-state index contributed by atoms with van der Waals surface area (Å²) in [5.41, 5.74) is 0. The molecule has 1 atom stereocenters. The lowest BCUT2D eigenvalue weighted by molar-refractivity contribution is -0.151. The highest BCUT2D eigenvalue weighted by Gasteiger charge is 2.31. The van der Waals surface area contributed by atoms with E-state index in [9.17, 15) is 9.59 Å². The number of carbonyl (C=O) groups excluding carboxylic acids is 2. The smallest absolute Gasteiger partial charge is 0.309 e. The Morgan fingerprint density at radius 2 is 1.81 bits per heavy atom. The molecule has 2 fully saturated rings. The number of morpholine rings is 1. The number of piperidine rings is 1. The van der Waals surface area contributed by atoms with Crippen LogP contribution in [0.15, 0.2) is 5.16 Å². The molecule has 3 rings (SSSR count). The Morgan fingerprint density at radius 1 is 1.13 bits per heavy atom. The van der Waals surface area contributed by atoms with Gasteiger partial charge in [-0.25, -0.2) is 0 Å². The van der Waals surface area contributed by atoms with Gasteiger partial charge < -0.3 is 19.3 Å². The van der Waals surface area contributed by atoms with Gasteiger partial charge in [0.2, 0.25) is 11.9 Å². The maximum absolute atomic E-state index is 13.1. The molecule has 1 unspecified atom stereocenters. The van der Waals surface area contributed by atoms with Crippen LogP contribution in [-0.4, -0.2) is 82.8 Å². The van der Waals surface area contributed by atoms with Gasteiger partial charge in [0.25, 0.3) is 0 Å². The van der Waals surface area contributed by atoms with Crippen LogP contribution < -0.4 is 4.90 Å². The molecule has 1 aromatic heterocycles. The zero-order chi connectivity index (χ0) is 22.4. The first-order chi connectivity index (χ1) is 14.9. The lowest BCUT2D eigenvalue weighted by Crippen LogP contribution is -2.43. The summed E-state index contributed by atoms with van der Waals surface area (Å²) in [5, 5.41) is 9.38. The molecule has 0 radical (unpaired) electrons. The predicted octanol–water partition coefficient (Wildman–Crippen LogP) is 2.05. The number of thioether (sulfide) groups is 1. The third kappa shape index (κ3) is 6.12. The van der Waals surface area contributed by atoms with Gasteiger partial charge >= 0.3 is 5.97 Å². The standard InChI is InChI=1S/C21H35N5O4S/c1-5-30-19(28)17-6-8-24(9-7-17)18(27)16(4)31-21-23-22-20(26(21)14-15(2)3)25-10-12-29-13-11-25/h15-17H,5-14H2,1-4H3. The number of hydrogen-bond acceptors (Lipinski definition) is 8. The number of rotatable bonds is 8. The number of esters is 1. The van der Waals surface area contributed by atoms with Crippen LogP contribution in [0, 0.1) is 11.8 Å². The number of carbonyl (C=O) groups is 2. The van der Waals surface area contributed by atoms with Gasteiger partial charge in [-0.2, -0.15) is 0 Å². The Hall–Kier alpha value is -1.81. The number of ether oxygens (including phenoxy) is 2. The average molecular weight is 454 g/mol. The molecular weight excluding hydrogens is 418 g/mol. The predicted molar refractivity (Wildman–Crippen MR) is 119 cm³/mol. The summed E-state index contributed by atoms with van der Waals surface area (Å²) in [6.45, 7) is 13.4. The molecule has 0 aliphatic carbocycles. The van der Waals surface area contributed by atoms with Crippen molar-refractivity contribution >= 4 is 29.6 Å². The summed E-state index contributed by atoms with van der Waals surface area (Å²) in [7, 11) is 0. The number of hydrogen-bond donors (Lipinski definition) is 0. The van der Waals surface area contributed by atoms with Crippen molar-refractivity contribution < 1.29 is 19.1 Å². The molecule has 0 bridgehead atoms. The van der Waals surface area contributed by atoms with Crippen LogP contribution in [0.1, 0.15) is 40.5 Å². The largest absolute Gasteiger partial charge is 0.466 e. The maximum Gasteiger partial charge on any atom is 0.309 e. The molecule has 0 aromatic carbocycles. The Bertz CT molecular complexity index is 742. The van der Waals surface area contributed by atoms with Crippen LogP contribution in [0.3, 0.4) is 0 Å². The van der Waals surface area contributed by atoms with Gasteiger partial charge in [0.1, 0.15) is 0 Å². The van der Waals surface area contributed by atoms with Gasteiger partial charge in [-0.05, 0) is 32.6 Å². The average Bonchev–Trinajstić information content (AvgIpc) is 3.15. The molecule has 0 N–H and O–H groups in total. The summed E-state index contributed by atoms with van der Waals surface area (Å²) in [6.07, 6.45) is 1.32. The molecule has 0 saturated carbocycles. The van der Waals surface area contributed by atoms with Crippen LogP contribution in [-0.2, 0) is 25.6 Å². The lowest BCUT2D eigenvalue weighted by Gasteiger charge is -2.32. The molecule has 1 aromatic rings. The topological polar surface area (TPSA) is 89.8 Å². The van der Waals surface area contributed by atoms with Crippen LogP contribution in [0.4, 0.5) is 5.95 Å². The van der Waals surface area contributed by atoms with E-state index in [4.69, 9.17) is 9.47 Å². The van der Waals surface area contributed by atoms with E-state index in [0.29, 0.717) is 51.7 Å². The minimum absolute atomic E-state index is 0.0827. The van der Waals surface area contributed by atoms with E-state index < -0.39 is 0 Å². The minimum Gasteiger partial charge on any atom is -0.466 e. The SMILES string of the molecule is CCOC(=O)C1CCN(C(=O)C(C)Sc2nnc(N3CCOCC3)n2CC(C)C)CC1. The molecule has 2 aliphatic heterocycles. The summed E-state index contributed by atoms with van der Waals surface area (Å²) < 4.78 is 12.7. The fourth-order valence-corrected chi connectivity index (χ4v) is 4.89. The molecule has 2 saturated heterocycles. The highest BCUT2D eigenvalue weighted by Crippen LogP contribution is 2.29. The summed E-state index contributed by atoms with van der Waals surface area (Å²) in [6, 6.07) is 0. The number of anilines is 1. The number of likely N-dealkylation sites (tertiary alicyclic amines) is 1. The van der Waals surface area contributed by atoms with Crippen molar-refractivity contribution in [1.82, 2.24) is 19.7 Å². The van der Waals surface area contributed by atoms with Crippen LogP contribution in [0.5, 0.6) is 0 Å². The molecule has 174 valence electrons. The van der Waals surface area contributed by atoms with Gasteiger partial charge in [-0.1, -0.05) is 25.6 Å². The molecule has 3 heterocycles. The van der Waals surface area contributed by atoms with Crippen molar-refractivity contribution in [2.24, 2.45) is 11.8 Å². The Morgan fingerprint density at radius 3 is 2.42 bits per heavy atom. The van der Waals surface area contributed by atoms with Crippen LogP contribution in [0.25, 0.3) is 0 Å². The zero-order valence-electron chi connectivity index (χ0n) is 19.1. The third-order valence-corrected chi connectivity index (χ3v) is 6.66. The highest BCUT2D eigenvalue weighted by molar-refractivity contribution is 8.00. The Labute approximate surface area is 188 Å². The van der Waals surface area contributed by atoms with Crippen molar-refractivity contribution in [3.05, 3.63) is 0 Å². The maximum atomic E-state index is 13.1. The van der Waals surface area contributed by atoms with Gasteiger partial charge in [-0.3, -0.25) is 14.2 Å². The summed E-state index contributed by atoms with van der Waals surface area (Å²) in [4.78, 5) is 29.1. The molecular formula is C21H35N5O4S. The van der Waals surface area contributed by atoms with Crippen molar-refractivity contribution in [3.63, 3.8) is 0 Å². The number of amides is 1. The second-order valence-corrected chi connectivity index (χ2v) is 9.81. The van der Waals surface area contributed by atoms with E-state index in [1.807, 2.05) is 18.7 Å². The molecule has 1 amide bonds. The molecule has 10 heteroatoms. The van der Waals surface area contributed by atoms with Gasteiger partial charge in [-0.15, -0.1) is 10.2 Å².